The maximum absolute atomic E-state index is 13.0. The Morgan fingerprint density at radius 2 is 1.61 bits per heavy atom. The van der Waals surface area contributed by atoms with Crippen LogP contribution in [0.4, 0.5) is 4.39 Å². The Bertz CT molecular complexity index is 661. The van der Waals surface area contributed by atoms with Gasteiger partial charge in [0.15, 0.2) is 11.5 Å². The minimum atomic E-state index is -0.190. The second-order valence-corrected chi connectivity index (χ2v) is 5.56. The molecule has 0 bridgehead atoms. The van der Waals surface area contributed by atoms with E-state index < -0.39 is 0 Å². The van der Waals surface area contributed by atoms with Crippen molar-refractivity contribution in [2.45, 2.75) is 19.5 Å². The van der Waals surface area contributed by atoms with Crippen molar-refractivity contribution in [3.05, 3.63) is 58.9 Å². The van der Waals surface area contributed by atoms with Crippen LogP contribution in [-0.4, -0.2) is 25.7 Å². The lowest BCUT2D eigenvalue weighted by molar-refractivity contribution is 0.244. The molecule has 0 aliphatic carbocycles. The van der Waals surface area contributed by atoms with Gasteiger partial charge >= 0.3 is 0 Å². The summed E-state index contributed by atoms with van der Waals surface area (Å²) >= 11 is 0. The zero-order valence-electron chi connectivity index (χ0n) is 13.3. The van der Waals surface area contributed by atoms with Gasteiger partial charge in [-0.05, 0) is 47.4 Å². The maximum Gasteiger partial charge on any atom is 0.161 e. The molecule has 3 nitrogen and oxygen atoms in total. The summed E-state index contributed by atoms with van der Waals surface area (Å²) in [4.78, 5) is 2.36. The van der Waals surface area contributed by atoms with E-state index in [2.05, 4.69) is 17.0 Å². The standard InChI is InChI=1S/C18H20FNO2.ClH/c1-21-17-9-14-7-8-20(12-15(14)10-18(17)22-2)11-13-3-5-16(19)6-4-13;/h3-6,9-10H,7-8,11-12H2,1-2H3;1H. The molecule has 1 aliphatic rings. The first-order valence-corrected chi connectivity index (χ1v) is 7.40. The van der Waals surface area contributed by atoms with Gasteiger partial charge in [0, 0.05) is 19.6 Å². The molecule has 0 saturated carbocycles. The minimum Gasteiger partial charge on any atom is -0.493 e. The Morgan fingerprint density at radius 3 is 2.22 bits per heavy atom. The number of ether oxygens (including phenoxy) is 2. The average Bonchev–Trinajstić information content (AvgIpc) is 2.55. The molecule has 1 aliphatic heterocycles. The van der Waals surface area contributed by atoms with Crippen molar-refractivity contribution in [2.24, 2.45) is 0 Å². The summed E-state index contributed by atoms with van der Waals surface area (Å²) in [5, 5.41) is 0. The Hall–Kier alpha value is -1.78. The van der Waals surface area contributed by atoms with E-state index in [0.29, 0.717) is 0 Å². The Morgan fingerprint density at radius 1 is 1.00 bits per heavy atom. The average molecular weight is 338 g/mol. The number of hydrogen-bond acceptors (Lipinski definition) is 3. The molecule has 0 spiro atoms. The first-order chi connectivity index (χ1) is 10.7. The SMILES string of the molecule is COc1cc2c(cc1OC)CN(Cc1ccc(F)cc1)CC2.Cl. The van der Waals surface area contributed by atoms with Crippen molar-refractivity contribution in [1.82, 2.24) is 4.90 Å². The van der Waals surface area contributed by atoms with Crippen molar-refractivity contribution >= 4 is 12.4 Å². The summed E-state index contributed by atoms with van der Waals surface area (Å²) in [5.41, 5.74) is 3.71. The van der Waals surface area contributed by atoms with Crippen LogP contribution in [0.25, 0.3) is 0 Å². The zero-order chi connectivity index (χ0) is 15.5. The third-order valence-corrected chi connectivity index (χ3v) is 4.12. The molecule has 0 N–H and O–H groups in total. The van der Waals surface area contributed by atoms with E-state index >= 15 is 0 Å². The number of halogens is 2. The molecule has 1 heterocycles. The monoisotopic (exact) mass is 337 g/mol. The second-order valence-electron chi connectivity index (χ2n) is 5.56. The molecule has 0 fully saturated rings. The van der Waals surface area contributed by atoms with Crippen molar-refractivity contribution < 1.29 is 13.9 Å². The lowest BCUT2D eigenvalue weighted by atomic mass is 9.98. The number of nitrogens with zero attached hydrogens (tertiary/aromatic N) is 1. The molecule has 0 atom stereocenters. The number of benzene rings is 2. The minimum absolute atomic E-state index is 0. The van der Waals surface area contributed by atoms with Gasteiger partial charge in [-0.25, -0.2) is 4.39 Å². The predicted octanol–water partition coefficient (Wildman–Crippen LogP) is 3.82. The highest BCUT2D eigenvalue weighted by molar-refractivity contribution is 5.85. The van der Waals surface area contributed by atoms with Crippen LogP contribution >= 0.6 is 12.4 Å². The summed E-state index contributed by atoms with van der Waals surface area (Å²) in [6.07, 6.45) is 0.983. The molecular formula is C18H21ClFNO2. The lowest BCUT2D eigenvalue weighted by Gasteiger charge is -2.29. The molecule has 0 saturated heterocycles. The van der Waals surface area contributed by atoms with Crippen LogP contribution in [-0.2, 0) is 19.5 Å². The fraction of sp³-hybridized carbons (Fsp3) is 0.333. The third kappa shape index (κ3) is 3.95. The van der Waals surface area contributed by atoms with Gasteiger partial charge in [-0.15, -0.1) is 12.4 Å². The first kappa shape index (κ1) is 17.6. The number of fused-ring (bicyclic) bond motifs is 1. The van der Waals surface area contributed by atoms with E-state index in [4.69, 9.17) is 9.47 Å². The van der Waals surface area contributed by atoms with Gasteiger partial charge in [-0.3, -0.25) is 4.90 Å². The highest BCUT2D eigenvalue weighted by atomic mass is 35.5. The second kappa shape index (κ2) is 7.66. The van der Waals surface area contributed by atoms with Gasteiger partial charge < -0.3 is 9.47 Å². The van der Waals surface area contributed by atoms with E-state index in [1.165, 1.54) is 23.3 Å². The van der Waals surface area contributed by atoms with Gasteiger partial charge in [-0.1, -0.05) is 12.1 Å². The Labute approximate surface area is 142 Å². The fourth-order valence-electron chi connectivity index (χ4n) is 2.92. The Balaban J connectivity index is 0.00000192. The van der Waals surface area contributed by atoms with Crippen LogP contribution in [0.5, 0.6) is 11.5 Å². The molecule has 124 valence electrons. The highest BCUT2D eigenvalue weighted by Gasteiger charge is 2.19. The van der Waals surface area contributed by atoms with E-state index in [-0.39, 0.29) is 18.2 Å². The van der Waals surface area contributed by atoms with Crippen molar-refractivity contribution in [3.63, 3.8) is 0 Å². The molecular weight excluding hydrogens is 317 g/mol. The van der Waals surface area contributed by atoms with E-state index in [9.17, 15) is 4.39 Å². The van der Waals surface area contributed by atoms with Crippen molar-refractivity contribution in [3.8, 4) is 11.5 Å². The summed E-state index contributed by atoms with van der Waals surface area (Å²) in [7, 11) is 3.32. The van der Waals surface area contributed by atoms with E-state index in [1.54, 1.807) is 14.2 Å². The predicted molar refractivity (Wildman–Crippen MR) is 91.0 cm³/mol. The highest BCUT2D eigenvalue weighted by Crippen LogP contribution is 2.33. The topological polar surface area (TPSA) is 21.7 Å². The normalized spacial score (nSPS) is 13.9. The molecule has 23 heavy (non-hydrogen) atoms. The van der Waals surface area contributed by atoms with Gasteiger partial charge in [0.2, 0.25) is 0 Å². The number of rotatable bonds is 4. The summed E-state index contributed by atoms with van der Waals surface area (Å²) < 4.78 is 23.7. The van der Waals surface area contributed by atoms with Crippen molar-refractivity contribution in [1.29, 1.82) is 0 Å². The largest absolute Gasteiger partial charge is 0.493 e. The van der Waals surface area contributed by atoms with Crippen LogP contribution in [0.2, 0.25) is 0 Å². The van der Waals surface area contributed by atoms with Crippen LogP contribution in [0.1, 0.15) is 16.7 Å². The van der Waals surface area contributed by atoms with Crippen LogP contribution in [0.3, 0.4) is 0 Å². The quantitative estimate of drug-likeness (QED) is 0.846. The van der Waals surface area contributed by atoms with Gasteiger partial charge in [0.1, 0.15) is 5.82 Å². The van der Waals surface area contributed by atoms with E-state index in [0.717, 1.165) is 43.1 Å². The smallest absolute Gasteiger partial charge is 0.161 e. The summed E-state index contributed by atoms with van der Waals surface area (Å²) in [5.74, 6) is 1.36. The summed E-state index contributed by atoms with van der Waals surface area (Å²) in [6, 6.07) is 10.9. The fourth-order valence-corrected chi connectivity index (χ4v) is 2.92. The zero-order valence-corrected chi connectivity index (χ0v) is 14.2. The van der Waals surface area contributed by atoms with Gasteiger partial charge in [0.25, 0.3) is 0 Å². The first-order valence-electron chi connectivity index (χ1n) is 7.40. The van der Waals surface area contributed by atoms with Crippen LogP contribution in [0.15, 0.2) is 36.4 Å². The van der Waals surface area contributed by atoms with Crippen LogP contribution in [0, 0.1) is 5.82 Å². The molecule has 2 aromatic rings. The Kier molecular flexibility index (Phi) is 5.85. The number of hydrogen-bond donors (Lipinski definition) is 0. The lowest BCUT2D eigenvalue weighted by Crippen LogP contribution is -2.30. The molecule has 0 aromatic heterocycles. The summed E-state index contributed by atoms with van der Waals surface area (Å²) in [6.45, 7) is 2.68. The third-order valence-electron chi connectivity index (χ3n) is 4.12. The maximum atomic E-state index is 13.0. The van der Waals surface area contributed by atoms with Gasteiger partial charge in [-0.2, -0.15) is 0 Å². The molecule has 0 unspecified atom stereocenters. The molecule has 3 rings (SSSR count). The number of methoxy groups -OCH3 is 2. The molecule has 0 radical (unpaired) electrons. The molecule has 5 heteroatoms. The van der Waals surface area contributed by atoms with E-state index in [1.807, 2.05) is 12.1 Å². The molecule has 0 amide bonds. The molecule has 2 aromatic carbocycles. The van der Waals surface area contributed by atoms with Gasteiger partial charge in [0.05, 0.1) is 14.2 Å². The van der Waals surface area contributed by atoms with Crippen molar-refractivity contribution in [2.75, 3.05) is 20.8 Å². The van der Waals surface area contributed by atoms with Crippen LogP contribution < -0.4 is 9.47 Å².